The molecule has 0 radical (unpaired) electrons. The van der Waals surface area contributed by atoms with Crippen LogP contribution in [-0.4, -0.2) is 29.5 Å². The molecule has 0 saturated heterocycles. The maximum Gasteiger partial charge on any atom is 0.227 e. The van der Waals surface area contributed by atoms with Gasteiger partial charge in [-0.1, -0.05) is 127 Å². The summed E-state index contributed by atoms with van der Waals surface area (Å²) in [4.78, 5) is 24.9. The Morgan fingerprint density at radius 2 is 0.862 bits per heavy atom. The lowest BCUT2D eigenvalue weighted by molar-refractivity contribution is 0.619. The Labute approximate surface area is 371 Å². The van der Waals surface area contributed by atoms with Gasteiger partial charge in [-0.3, -0.25) is 0 Å². The first-order valence-electron chi connectivity index (χ1n) is 21.5. The van der Waals surface area contributed by atoms with Crippen LogP contribution in [0.1, 0.15) is 0 Å². The molecule has 4 heterocycles. The van der Waals surface area contributed by atoms with E-state index in [1.165, 1.54) is 16.3 Å². The average molecular weight is 835 g/mol. The Balaban J connectivity index is 0.965. The number of nitrogens with zero attached hydrogens (tertiary/aromatic N) is 6. The van der Waals surface area contributed by atoms with Gasteiger partial charge in [0.15, 0.2) is 28.6 Å². The number of rotatable bonds is 7. The van der Waals surface area contributed by atoms with Crippen molar-refractivity contribution in [3.63, 3.8) is 0 Å². The van der Waals surface area contributed by atoms with E-state index in [2.05, 4.69) is 114 Å². The van der Waals surface area contributed by atoms with E-state index < -0.39 is 0 Å². The summed E-state index contributed by atoms with van der Waals surface area (Å²) in [6.45, 7) is 0. The molecule has 0 unspecified atom stereocenters. The Morgan fingerprint density at radius 1 is 0.323 bits per heavy atom. The van der Waals surface area contributed by atoms with Crippen molar-refractivity contribution in [3.05, 3.63) is 206 Å². The van der Waals surface area contributed by atoms with Gasteiger partial charge in [0.05, 0.1) is 11.0 Å². The first-order valence-corrected chi connectivity index (χ1v) is 21.5. The Morgan fingerprint density at radius 3 is 1.51 bits per heavy atom. The molecular weight excluding hydrogens is 801 g/mol. The zero-order valence-corrected chi connectivity index (χ0v) is 34.6. The summed E-state index contributed by atoms with van der Waals surface area (Å²) >= 11 is 0. The highest BCUT2D eigenvalue weighted by atomic mass is 16.4. The van der Waals surface area contributed by atoms with Crippen LogP contribution in [0.2, 0.25) is 0 Å². The lowest BCUT2D eigenvalue weighted by atomic mass is 10.0. The van der Waals surface area contributed by atoms with Crippen molar-refractivity contribution in [2.75, 3.05) is 0 Å². The van der Waals surface area contributed by atoms with Gasteiger partial charge in [0, 0.05) is 49.7 Å². The van der Waals surface area contributed by atoms with Crippen molar-refractivity contribution in [1.29, 1.82) is 0 Å². The highest BCUT2D eigenvalue weighted by Gasteiger charge is 2.20. The second-order valence-electron chi connectivity index (χ2n) is 16.1. The summed E-state index contributed by atoms with van der Waals surface area (Å²) < 4.78 is 14.6. The van der Waals surface area contributed by atoms with E-state index in [-0.39, 0.29) is 0 Å². The Hall–Kier alpha value is -9.01. The number of fused-ring (bicyclic) bond motifs is 7. The Kier molecular flexibility index (Phi) is 8.35. The van der Waals surface area contributed by atoms with Gasteiger partial charge in [-0.15, -0.1) is 0 Å². The molecule has 8 heteroatoms. The van der Waals surface area contributed by atoms with Crippen molar-refractivity contribution >= 4 is 54.8 Å². The van der Waals surface area contributed by atoms with Crippen LogP contribution in [0, 0.1) is 0 Å². The van der Waals surface area contributed by atoms with Gasteiger partial charge in [-0.05, 0) is 95.4 Å². The Bertz CT molecular complexity index is 3740. The molecule has 13 aromatic rings. The van der Waals surface area contributed by atoms with E-state index in [1.54, 1.807) is 0 Å². The standard InChI is InChI=1S/C57H34N6O2/c1-2-11-35(12-3-1)41-14-10-15-43(33-41)63-49-32-30-42(34-46(49)45-31-29-36-13-4-5-16-44(36)52(45)63)55-61-53(37-21-25-39(26-22-37)56-58-47-17-6-8-19-50(47)64-56)60-54(62-55)38-23-27-40(28-24-38)57-59-48-18-7-9-20-51(48)65-57/h1-34H. The van der Waals surface area contributed by atoms with Crippen LogP contribution in [0.25, 0.3) is 129 Å². The third-order valence-electron chi connectivity index (χ3n) is 12.1. The average Bonchev–Trinajstić information content (AvgIpc) is 4.11. The van der Waals surface area contributed by atoms with Crippen LogP contribution < -0.4 is 0 Å². The van der Waals surface area contributed by atoms with E-state index in [9.17, 15) is 0 Å². The molecule has 8 nitrogen and oxygen atoms in total. The number of benzene rings is 9. The fourth-order valence-corrected chi connectivity index (χ4v) is 8.92. The predicted molar refractivity (Wildman–Crippen MR) is 259 cm³/mol. The molecular formula is C57H34N6O2. The summed E-state index contributed by atoms with van der Waals surface area (Å²) in [7, 11) is 0. The monoisotopic (exact) mass is 834 g/mol. The zero-order valence-electron chi connectivity index (χ0n) is 34.6. The molecule has 0 saturated carbocycles. The lowest BCUT2D eigenvalue weighted by Crippen LogP contribution is -2.00. The zero-order chi connectivity index (χ0) is 42.8. The highest BCUT2D eigenvalue weighted by Crippen LogP contribution is 2.39. The second kappa shape index (κ2) is 14.8. The summed E-state index contributed by atoms with van der Waals surface area (Å²) in [6, 6.07) is 70.5. The first kappa shape index (κ1) is 36.6. The normalized spacial score (nSPS) is 11.7. The molecule has 65 heavy (non-hydrogen) atoms. The third kappa shape index (κ3) is 6.35. The highest BCUT2D eigenvalue weighted by molar-refractivity contribution is 6.19. The number of hydrogen-bond donors (Lipinski definition) is 0. The van der Waals surface area contributed by atoms with Crippen molar-refractivity contribution < 1.29 is 8.83 Å². The molecule has 0 aliphatic rings. The van der Waals surface area contributed by atoms with Crippen molar-refractivity contribution in [2.24, 2.45) is 0 Å². The second-order valence-corrected chi connectivity index (χ2v) is 16.1. The third-order valence-corrected chi connectivity index (χ3v) is 12.1. The summed E-state index contributed by atoms with van der Waals surface area (Å²) in [5.41, 5.74) is 13.0. The van der Waals surface area contributed by atoms with Crippen molar-refractivity contribution in [3.8, 4) is 73.9 Å². The molecule has 0 spiro atoms. The van der Waals surface area contributed by atoms with Gasteiger partial charge >= 0.3 is 0 Å². The maximum atomic E-state index is 6.09. The van der Waals surface area contributed by atoms with Gasteiger partial charge in [-0.2, -0.15) is 0 Å². The van der Waals surface area contributed by atoms with Crippen molar-refractivity contribution in [2.45, 2.75) is 0 Å². The van der Waals surface area contributed by atoms with E-state index in [4.69, 9.17) is 33.8 Å². The number of oxazole rings is 2. The molecule has 304 valence electrons. The number of para-hydroxylation sites is 4. The molecule has 0 atom stereocenters. The van der Waals surface area contributed by atoms with Crippen molar-refractivity contribution in [1.82, 2.24) is 29.5 Å². The minimum absolute atomic E-state index is 0.545. The fourth-order valence-electron chi connectivity index (χ4n) is 8.92. The molecule has 9 aromatic carbocycles. The molecule has 0 aliphatic heterocycles. The molecule has 0 bridgehead atoms. The first-order chi connectivity index (χ1) is 32.2. The quantitative estimate of drug-likeness (QED) is 0.158. The number of hydrogen-bond acceptors (Lipinski definition) is 7. The van der Waals surface area contributed by atoms with Crippen LogP contribution in [0.4, 0.5) is 0 Å². The van der Waals surface area contributed by atoms with Crippen LogP contribution >= 0.6 is 0 Å². The van der Waals surface area contributed by atoms with Crippen LogP contribution in [-0.2, 0) is 0 Å². The van der Waals surface area contributed by atoms with E-state index in [1.807, 2.05) is 97.1 Å². The van der Waals surface area contributed by atoms with Gasteiger partial charge in [0.25, 0.3) is 0 Å². The van der Waals surface area contributed by atoms with E-state index in [0.29, 0.717) is 29.3 Å². The summed E-state index contributed by atoms with van der Waals surface area (Å²) in [5, 5.41) is 4.60. The molecule has 4 aromatic heterocycles. The minimum Gasteiger partial charge on any atom is -0.436 e. The SMILES string of the molecule is c1ccc(-c2cccc(-n3c4ccc(-c5nc(-c6ccc(-c7nc8ccccc8o7)cc6)nc(-c6ccc(-c7nc8ccccc8o7)cc6)n5)cc4c4ccc5ccccc5c43)c2)cc1. The topological polar surface area (TPSA) is 95.7 Å². The minimum atomic E-state index is 0.545. The maximum absolute atomic E-state index is 6.09. The van der Waals surface area contributed by atoms with Gasteiger partial charge in [0.1, 0.15) is 11.0 Å². The van der Waals surface area contributed by atoms with Gasteiger partial charge in [0.2, 0.25) is 11.8 Å². The molecule has 0 fully saturated rings. The summed E-state index contributed by atoms with van der Waals surface area (Å²) in [5.74, 6) is 2.76. The van der Waals surface area contributed by atoms with E-state index >= 15 is 0 Å². The molecule has 0 aliphatic carbocycles. The van der Waals surface area contributed by atoms with Gasteiger partial charge in [-0.25, -0.2) is 24.9 Å². The lowest BCUT2D eigenvalue weighted by Gasteiger charge is -2.12. The largest absolute Gasteiger partial charge is 0.436 e. The van der Waals surface area contributed by atoms with Crippen LogP contribution in [0.15, 0.2) is 215 Å². The molecule has 0 amide bonds. The van der Waals surface area contributed by atoms with Gasteiger partial charge < -0.3 is 13.4 Å². The van der Waals surface area contributed by atoms with E-state index in [0.717, 1.165) is 83.1 Å². The predicted octanol–water partition coefficient (Wildman–Crippen LogP) is 14.4. The molecule has 13 rings (SSSR count). The summed E-state index contributed by atoms with van der Waals surface area (Å²) in [6.07, 6.45) is 0. The van der Waals surface area contributed by atoms with Crippen LogP contribution in [0.5, 0.6) is 0 Å². The smallest absolute Gasteiger partial charge is 0.227 e. The molecule has 0 N–H and O–H groups in total. The fraction of sp³-hybridized carbons (Fsp3) is 0. The van der Waals surface area contributed by atoms with Crippen LogP contribution in [0.3, 0.4) is 0 Å². The number of aromatic nitrogens is 6.